The second-order valence-electron chi connectivity index (χ2n) is 4.58. The van der Waals surface area contributed by atoms with E-state index in [1.807, 2.05) is 0 Å². The van der Waals surface area contributed by atoms with Crippen LogP contribution >= 0.6 is 0 Å². The van der Waals surface area contributed by atoms with Gasteiger partial charge in [0, 0.05) is 19.8 Å². The molecule has 0 aromatic carbocycles. The number of ether oxygens (including phenoxy) is 1. The lowest BCUT2D eigenvalue weighted by Gasteiger charge is -2.07. The van der Waals surface area contributed by atoms with E-state index < -0.39 is 0 Å². The highest BCUT2D eigenvalue weighted by atomic mass is 16.5. The van der Waals surface area contributed by atoms with Gasteiger partial charge in [-0.1, -0.05) is 13.8 Å². The number of carbonyl (C=O) groups is 1. The van der Waals surface area contributed by atoms with Gasteiger partial charge in [-0.2, -0.15) is 0 Å². The SMILES string of the molecule is CC(C)COCCCNC(=O)c1coc(CN)c1. The van der Waals surface area contributed by atoms with Crippen LogP contribution in [0.15, 0.2) is 16.7 Å². The molecule has 0 spiro atoms. The molecular formula is C13H22N2O3. The monoisotopic (exact) mass is 254 g/mol. The third-order valence-corrected chi connectivity index (χ3v) is 2.32. The lowest BCUT2D eigenvalue weighted by molar-refractivity contribution is 0.0924. The minimum Gasteiger partial charge on any atom is -0.467 e. The summed E-state index contributed by atoms with van der Waals surface area (Å²) in [6, 6.07) is 1.66. The van der Waals surface area contributed by atoms with Crippen molar-refractivity contribution >= 4 is 5.91 Å². The lowest BCUT2D eigenvalue weighted by Crippen LogP contribution is -2.25. The summed E-state index contributed by atoms with van der Waals surface area (Å²) < 4.78 is 10.5. The minimum atomic E-state index is -0.137. The molecule has 0 fully saturated rings. The van der Waals surface area contributed by atoms with E-state index in [1.54, 1.807) is 6.07 Å². The first kappa shape index (κ1) is 14.7. The van der Waals surface area contributed by atoms with E-state index in [-0.39, 0.29) is 5.91 Å². The smallest absolute Gasteiger partial charge is 0.254 e. The van der Waals surface area contributed by atoms with Gasteiger partial charge in [0.15, 0.2) is 0 Å². The van der Waals surface area contributed by atoms with Gasteiger partial charge in [0.25, 0.3) is 5.91 Å². The number of carbonyl (C=O) groups excluding carboxylic acids is 1. The molecule has 0 atom stereocenters. The molecule has 0 saturated heterocycles. The summed E-state index contributed by atoms with van der Waals surface area (Å²) in [4.78, 5) is 11.7. The normalized spacial score (nSPS) is 10.9. The van der Waals surface area contributed by atoms with Crippen LogP contribution in [0.2, 0.25) is 0 Å². The van der Waals surface area contributed by atoms with Crippen LogP contribution in [0, 0.1) is 5.92 Å². The van der Waals surface area contributed by atoms with Gasteiger partial charge in [0.2, 0.25) is 0 Å². The molecule has 0 aliphatic heterocycles. The maximum atomic E-state index is 11.7. The minimum absolute atomic E-state index is 0.137. The first-order valence-electron chi connectivity index (χ1n) is 6.27. The van der Waals surface area contributed by atoms with Crippen LogP contribution in [-0.2, 0) is 11.3 Å². The molecule has 18 heavy (non-hydrogen) atoms. The van der Waals surface area contributed by atoms with E-state index in [2.05, 4.69) is 19.2 Å². The summed E-state index contributed by atoms with van der Waals surface area (Å²) in [7, 11) is 0. The van der Waals surface area contributed by atoms with Crippen LogP contribution in [0.25, 0.3) is 0 Å². The maximum absolute atomic E-state index is 11.7. The van der Waals surface area contributed by atoms with Crippen molar-refractivity contribution in [3.8, 4) is 0 Å². The van der Waals surface area contributed by atoms with Crippen molar-refractivity contribution in [2.75, 3.05) is 19.8 Å². The maximum Gasteiger partial charge on any atom is 0.254 e. The van der Waals surface area contributed by atoms with Crippen molar-refractivity contribution in [1.82, 2.24) is 5.32 Å². The highest BCUT2D eigenvalue weighted by Crippen LogP contribution is 2.06. The van der Waals surface area contributed by atoms with Crippen LogP contribution in [-0.4, -0.2) is 25.7 Å². The summed E-state index contributed by atoms with van der Waals surface area (Å²) in [6.45, 7) is 6.54. The highest BCUT2D eigenvalue weighted by Gasteiger charge is 2.08. The van der Waals surface area contributed by atoms with Gasteiger partial charge in [-0.3, -0.25) is 4.79 Å². The molecule has 1 rings (SSSR count). The average Bonchev–Trinajstić information content (AvgIpc) is 2.81. The van der Waals surface area contributed by atoms with Crippen molar-refractivity contribution in [3.63, 3.8) is 0 Å². The fourth-order valence-corrected chi connectivity index (χ4v) is 1.40. The molecule has 0 aliphatic rings. The Morgan fingerprint density at radius 3 is 2.94 bits per heavy atom. The molecule has 1 aromatic heterocycles. The summed E-state index contributed by atoms with van der Waals surface area (Å²) in [5, 5.41) is 2.80. The predicted molar refractivity (Wildman–Crippen MR) is 69.2 cm³/mol. The van der Waals surface area contributed by atoms with Crippen molar-refractivity contribution < 1.29 is 13.9 Å². The van der Waals surface area contributed by atoms with E-state index in [9.17, 15) is 4.79 Å². The Bertz CT molecular complexity index is 361. The molecule has 5 heteroatoms. The van der Waals surface area contributed by atoms with E-state index >= 15 is 0 Å². The Morgan fingerprint density at radius 1 is 1.56 bits per heavy atom. The second kappa shape index (κ2) is 7.89. The molecule has 0 aliphatic carbocycles. The number of rotatable bonds is 8. The van der Waals surface area contributed by atoms with Gasteiger partial charge in [-0.25, -0.2) is 0 Å². The lowest BCUT2D eigenvalue weighted by atomic mass is 10.2. The summed E-state index contributed by atoms with van der Waals surface area (Å²) >= 11 is 0. The van der Waals surface area contributed by atoms with Crippen molar-refractivity contribution in [1.29, 1.82) is 0 Å². The van der Waals surface area contributed by atoms with Gasteiger partial charge in [-0.15, -0.1) is 0 Å². The first-order chi connectivity index (χ1) is 8.63. The van der Waals surface area contributed by atoms with Crippen molar-refractivity contribution in [2.45, 2.75) is 26.8 Å². The summed E-state index contributed by atoms with van der Waals surface area (Å²) in [6.07, 6.45) is 2.23. The molecule has 1 heterocycles. The van der Waals surface area contributed by atoms with E-state index in [4.69, 9.17) is 14.9 Å². The zero-order chi connectivity index (χ0) is 13.4. The molecule has 0 saturated carbocycles. The average molecular weight is 254 g/mol. The Labute approximate surface area is 108 Å². The van der Waals surface area contributed by atoms with Gasteiger partial charge in [-0.05, 0) is 18.4 Å². The number of nitrogens with one attached hydrogen (secondary N) is 1. The Morgan fingerprint density at radius 2 is 2.33 bits per heavy atom. The Kier molecular flexibility index (Phi) is 6.46. The van der Waals surface area contributed by atoms with Gasteiger partial charge in [0.05, 0.1) is 12.1 Å². The molecule has 102 valence electrons. The van der Waals surface area contributed by atoms with Gasteiger partial charge in [0.1, 0.15) is 12.0 Å². The van der Waals surface area contributed by atoms with Crippen LogP contribution in [0.3, 0.4) is 0 Å². The molecule has 1 aromatic rings. The fourth-order valence-electron chi connectivity index (χ4n) is 1.40. The molecule has 0 unspecified atom stereocenters. The fraction of sp³-hybridized carbons (Fsp3) is 0.615. The standard InChI is InChI=1S/C13H22N2O3/c1-10(2)8-17-5-3-4-15-13(16)11-6-12(7-14)18-9-11/h6,9-10H,3-5,7-8,14H2,1-2H3,(H,15,16). The van der Waals surface area contributed by atoms with Crippen LogP contribution in [0.5, 0.6) is 0 Å². The van der Waals surface area contributed by atoms with E-state index in [0.717, 1.165) is 13.0 Å². The number of hydrogen-bond acceptors (Lipinski definition) is 4. The molecule has 3 N–H and O–H groups in total. The summed E-state index contributed by atoms with van der Waals surface area (Å²) in [5.74, 6) is 1.02. The third kappa shape index (κ3) is 5.33. The third-order valence-electron chi connectivity index (χ3n) is 2.32. The van der Waals surface area contributed by atoms with Crippen LogP contribution in [0.4, 0.5) is 0 Å². The Hall–Kier alpha value is -1.33. The molecule has 1 amide bonds. The van der Waals surface area contributed by atoms with E-state index in [1.165, 1.54) is 6.26 Å². The molecular weight excluding hydrogens is 232 g/mol. The van der Waals surface area contributed by atoms with Crippen molar-refractivity contribution in [3.05, 3.63) is 23.7 Å². The number of furan rings is 1. The number of nitrogens with two attached hydrogens (primary N) is 1. The topological polar surface area (TPSA) is 77.5 Å². The Balaban J connectivity index is 2.13. The molecule has 5 nitrogen and oxygen atoms in total. The number of amides is 1. The molecule has 0 radical (unpaired) electrons. The largest absolute Gasteiger partial charge is 0.467 e. The van der Waals surface area contributed by atoms with Crippen LogP contribution < -0.4 is 11.1 Å². The zero-order valence-corrected chi connectivity index (χ0v) is 11.1. The quantitative estimate of drug-likeness (QED) is 0.690. The van der Waals surface area contributed by atoms with Crippen LogP contribution in [0.1, 0.15) is 36.4 Å². The zero-order valence-electron chi connectivity index (χ0n) is 11.1. The number of hydrogen-bond donors (Lipinski definition) is 2. The van der Waals surface area contributed by atoms with Gasteiger partial charge < -0.3 is 20.2 Å². The highest BCUT2D eigenvalue weighted by molar-refractivity contribution is 5.93. The van der Waals surface area contributed by atoms with Gasteiger partial charge >= 0.3 is 0 Å². The first-order valence-corrected chi connectivity index (χ1v) is 6.27. The molecule has 0 bridgehead atoms. The van der Waals surface area contributed by atoms with E-state index in [0.29, 0.717) is 36.9 Å². The summed E-state index contributed by atoms with van der Waals surface area (Å²) in [5.41, 5.74) is 5.91. The van der Waals surface area contributed by atoms with Crippen molar-refractivity contribution in [2.24, 2.45) is 11.7 Å². The predicted octanol–water partition coefficient (Wildman–Crippen LogP) is 1.53. The second-order valence-corrected chi connectivity index (χ2v) is 4.58.